The largest absolute Gasteiger partial charge is 0.350 e. The second kappa shape index (κ2) is 6.04. The summed E-state index contributed by atoms with van der Waals surface area (Å²) >= 11 is 3.45. The number of thioether (sulfide) groups is 1. The molecule has 0 aromatic carbocycles. The number of aromatic amines is 1. The predicted molar refractivity (Wildman–Crippen MR) is 90.5 cm³/mol. The van der Waals surface area contributed by atoms with Crippen molar-refractivity contribution in [3.8, 4) is 0 Å². The number of hydrogen-bond acceptors (Lipinski definition) is 5. The van der Waals surface area contributed by atoms with Crippen LogP contribution in [-0.2, 0) is 18.6 Å². The van der Waals surface area contributed by atoms with Crippen LogP contribution in [0.1, 0.15) is 46.6 Å². The summed E-state index contributed by atoms with van der Waals surface area (Å²) < 4.78 is 0. The topological polar surface area (TPSA) is 70.7 Å². The second-order valence-electron chi connectivity index (χ2n) is 6.38. The van der Waals surface area contributed by atoms with Crippen molar-refractivity contribution in [3.63, 3.8) is 0 Å². The molecule has 1 amide bonds. The zero-order chi connectivity index (χ0) is 15.7. The Labute approximate surface area is 138 Å². The zero-order valence-electron chi connectivity index (χ0n) is 13.0. The van der Waals surface area contributed by atoms with Gasteiger partial charge in [-0.3, -0.25) is 4.79 Å². The minimum absolute atomic E-state index is 0.0386. The SMILES string of the molecule is CSCc1nc(Cc2nc3c([nH]2)CC(C)(C)CNC3=O)cs1. The number of carbonyl (C=O) groups is 1. The minimum Gasteiger partial charge on any atom is -0.350 e. The van der Waals surface area contributed by atoms with Gasteiger partial charge < -0.3 is 10.3 Å². The van der Waals surface area contributed by atoms with Gasteiger partial charge in [-0.1, -0.05) is 13.8 Å². The molecular weight excluding hydrogens is 316 g/mol. The Morgan fingerprint density at radius 2 is 2.23 bits per heavy atom. The molecule has 1 aliphatic rings. The monoisotopic (exact) mass is 336 g/mol. The molecule has 2 aromatic heterocycles. The van der Waals surface area contributed by atoms with E-state index < -0.39 is 0 Å². The van der Waals surface area contributed by atoms with Crippen LogP contribution in [0.25, 0.3) is 0 Å². The normalized spacial score (nSPS) is 17.0. The molecule has 1 aliphatic heterocycles. The highest BCUT2D eigenvalue weighted by Crippen LogP contribution is 2.25. The van der Waals surface area contributed by atoms with E-state index in [1.165, 1.54) is 0 Å². The molecule has 22 heavy (non-hydrogen) atoms. The van der Waals surface area contributed by atoms with Gasteiger partial charge in [0.2, 0.25) is 0 Å². The number of aromatic nitrogens is 3. The maximum atomic E-state index is 12.1. The number of amides is 1. The number of fused-ring (bicyclic) bond motifs is 1. The van der Waals surface area contributed by atoms with Crippen LogP contribution < -0.4 is 5.32 Å². The van der Waals surface area contributed by atoms with E-state index in [2.05, 4.69) is 45.8 Å². The molecule has 0 unspecified atom stereocenters. The summed E-state index contributed by atoms with van der Waals surface area (Å²) in [7, 11) is 0. The molecule has 0 saturated carbocycles. The van der Waals surface area contributed by atoms with Crippen LogP contribution in [0, 0.1) is 5.41 Å². The molecule has 118 valence electrons. The standard InChI is InChI=1S/C15H20N4OS2/c1-15(2)5-10-13(14(20)16-8-15)19-11(18-10)4-9-6-22-12(17-9)7-21-3/h6H,4-5,7-8H2,1-3H3,(H,16,20)(H,18,19). The van der Waals surface area contributed by atoms with Gasteiger partial charge in [0.15, 0.2) is 0 Å². The van der Waals surface area contributed by atoms with E-state index in [9.17, 15) is 4.79 Å². The van der Waals surface area contributed by atoms with Crippen LogP contribution in [-0.4, -0.2) is 33.7 Å². The minimum atomic E-state index is -0.0792. The summed E-state index contributed by atoms with van der Waals surface area (Å²) in [5.41, 5.74) is 2.53. The summed E-state index contributed by atoms with van der Waals surface area (Å²) in [6.45, 7) is 4.98. The number of imidazole rings is 1. The molecule has 7 heteroatoms. The lowest BCUT2D eigenvalue weighted by atomic mass is 9.88. The Hall–Kier alpha value is -1.34. The van der Waals surface area contributed by atoms with Crippen molar-refractivity contribution in [2.45, 2.75) is 32.4 Å². The van der Waals surface area contributed by atoms with E-state index in [-0.39, 0.29) is 11.3 Å². The molecular formula is C15H20N4OS2. The third kappa shape index (κ3) is 3.35. The highest BCUT2D eigenvalue weighted by atomic mass is 32.2. The summed E-state index contributed by atoms with van der Waals surface area (Å²) in [4.78, 5) is 24.6. The van der Waals surface area contributed by atoms with Crippen molar-refractivity contribution in [3.05, 3.63) is 33.3 Å². The number of carbonyl (C=O) groups excluding carboxylic acids is 1. The van der Waals surface area contributed by atoms with Crippen molar-refractivity contribution in [1.82, 2.24) is 20.3 Å². The Morgan fingerprint density at radius 1 is 1.41 bits per heavy atom. The fourth-order valence-corrected chi connectivity index (χ4v) is 4.11. The van der Waals surface area contributed by atoms with Gasteiger partial charge in [-0.2, -0.15) is 11.8 Å². The Bertz CT molecular complexity index is 690. The molecule has 2 N–H and O–H groups in total. The molecule has 0 bridgehead atoms. The molecule has 5 nitrogen and oxygen atoms in total. The van der Waals surface area contributed by atoms with Crippen LogP contribution in [0.5, 0.6) is 0 Å². The quantitative estimate of drug-likeness (QED) is 0.900. The fraction of sp³-hybridized carbons (Fsp3) is 0.533. The molecule has 2 aromatic rings. The maximum absolute atomic E-state index is 12.1. The highest BCUT2D eigenvalue weighted by Gasteiger charge is 2.29. The Morgan fingerprint density at radius 3 is 3.00 bits per heavy atom. The average molecular weight is 336 g/mol. The zero-order valence-corrected chi connectivity index (χ0v) is 14.7. The van der Waals surface area contributed by atoms with Gasteiger partial charge in [0.05, 0.1) is 5.69 Å². The molecule has 0 atom stereocenters. The van der Waals surface area contributed by atoms with Gasteiger partial charge in [-0.15, -0.1) is 11.3 Å². The molecule has 0 aliphatic carbocycles. The molecule has 0 radical (unpaired) electrons. The van der Waals surface area contributed by atoms with Crippen molar-refractivity contribution in [2.24, 2.45) is 5.41 Å². The Kier molecular flexibility index (Phi) is 4.27. The average Bonchev–Trinajstić information content (AvgIpc) is 3.01. The molecule has 3 heterocycles. The smallest absolute Gasteiger partial charge is 0.271 e. The lowest BCUT2D eigenvalue weighted by molar-refractivity contribution is 0.0940. The number of hydrogen-bond donors (Lipinski definition) is 2. The van der Waals surface area contributed by atoms with Crippen LogP contribution in [0.2, 0.25) is 0 Å². The number of rotatable bonds is 4. The number of nitrogens with zero attached hydrogens (tertiary/aromatic N) is 2. The van der Waals surface area contributed by atoms with Crippen molar-refractivity contribution >= 4 is 29.0 Å². The highest BCUT2D eigenvalue weighted by molar-refractivity contribution is 7.97. The van der Waals surface area contributed by atoms with Crippen molar-refractivity contribution in [2.75, 3.05) is 12.8 Å². The van der Waals surface area contributed by atoms with E-state index in [0.717, 1.165) is 34.4 Å². The van der Waals surface area contributed by atoms with E-state index in [0.29, 0.717) is 18.7 Å². The summed E-state index contributed by atoms with van der Waals surface area (Å²) in [5, 5.41) is 6.16. The Balaban J connectivity index is 1.81. The summed E-state index contributed by atoms with van der Waals surface area (Å²) in [6.07, 6.45) is 3.54. The van der Waals surface area contributed by atoms with Gasteiger partial charge >= 0.3 is 0 Å². The lowest BCUT2D eigenvalue weighted by Crippen LogP contribution is -2.32. The fourth-order valence-electron chi connectivity index (χ4n) is 2.60. The molecule has 3 rings (SSSR count). The third-order valence-electron chi connectivity index (χ3n) is 3.64. The third-order valence-corrected chi connectivity index (χ3v) is 5.28. The summed E-state index contributed by atoms with van der Waals surface area (Å²) in [5.74, 6) is 1.68. The van der Waals surface area contributed by atoms with Crippen molar-refractivity contribution < 1.29 is 4.79 Å². The first-order valence-corrected chi connectivity index (χ1v) is 9.52. The first-order chi connectivity index (χ1) is 10.5. The van der Waals surface area contributed by atoms with E-state index in [1.807, 2.05) is 0 Å². The lowest BCUT2D eigenvalue weighted by Gasteiger charge is -2.21. The van der Waals surface area contributed by atoms with Crippen LogP contribution >= 0.6 is 23.1 Å². The number of H-pyrrole nitrogens is 1. The first kappa shape index (κ1) is 15.6. The summed E-state index contributed by atoms with van der Waals surface area (Å²) in [6, 6.07) is 0. The molecule has 0 fully saturated rings. The van der Waals surface area contributed by atoms with E-state index in [4.69, 9.17) is 0 Å². The van der Waals surface area contributed by atoms with Gasteiger partial charge in [-0.25, -0.2) is 9.97 Å². The van der Waals surface area contributed by atoms with Gasteiger partial charge in [0, 0.05) is 29.8 Å². The number of nitrogens with one attached hydrogen (secondary N) is 2. The van der Waals surface area contributed by atoms with E-state index in [1.54, 1.807) is 23.1 Å². The van der Waals surface area contributed by atoms with Crippen LogP contribution in [0.15, 0.2) is 5.38 Å². The second-order valence-corrected chi connectivity index (χ2v) is 8.19. The molecule has 0 saturated heterocycles. The van der Waals surface area contributed by atoms with Crippen molar-refractivity contribution in [1.29, 1.82) is 0 Å². The first-order valence-electron chi connectivity index (χ1n) is 7.25. The van der Waals surface area contributed by atoms with Gasteiger partial charge in [-0.05, 0) is 18.1 Å². The van der Waals surface area contributed by atoms with Crippen LogP contribution in [0.4, 0.5) is 0 Å². The van der Waals surface area contributed by atoms with Gasteiger partial charge in [0.25, 0.3) is 5.91 Å². The predicted octanol–water partition coefficient (Wildman–Crippen LogP) is 2.63. The van der Waals surface area contributed by atoms with E-state index >= 15 is 0 Å². The number of thiazole rings is 1. The van der Waals surface area contributed by atoms with Gasteiger partial charge in [0.1, 0.15) is 16.5 Å². The molecule has 0 spiro atoms. The van der Waals surface area contributed by atoms with Crippen LogP contribution in [0.3, 0.4) is 0 Å². The maximum Gasteiger partial charge on any atom is 0.271 e.